The van der Waals surface area contributed by atoms with Gasteiger partial charge >= 0.3 is 0 Å². The Morgan fingerprint density at radius 2 is 1.93 bits per heavy atom. The molecule has 1 unspecified atom stereocenters. The van der Waals surface area contributed by atoms with E-state index >= 15 is 0 Å². The number of amides is 1. The predicted octanol–water partition coefficient (Wildman–Crippen LogP) is 4.63. The fourth-order valence-corrected chi connectivity index (χ4v) is 3.42. The Balaban J connectivity index is 1.83. The van der Waals surface area contributed by atoms with Gasteiger partial charge in [-0.2, -0.15) is 5.26 Å². The second-order valence-corrected chi connectivity index (χ2v) is 7.13. The first-order valence-electron chi connectivity index (χ1n) is 8.75. The summed E-state index contributed by atoms with van der Waals surface area (Å²) in [4.78, 5) is 16.0. The van der Waals surface area contributed by atoms with E-state index in [4.69, 9.17) is 14.7 Å². The van der Waals surface area contributed by atoms with Crippen LogP contribution >= 0.6 is 11.3 Å². The van der Waals surface area contributed by atoms with Crippen LogP contribution in [0.1, 0.15) is 17.4 Å². The molecular weight excluding hydrogens is 372 g/mol. The number of carbonyl (C=O) groups is 1. The van der Waals surface area contributed by atoms with Crippen LogP contribution in [-0.4, -0.2) is 19.1 Å². The number of hydrogen-bond donors (Lipinski definition) is 0. The molecule has 0 saturated carbocycles. The lowest BCUT2D eigenvalue weighted by Gasteiger charge is -2.26. The number of benzene rings is 2. The number of rotatable bonds is 7. The quantitative estimate of drug-likeness (QED) is 0.588. The number of ether oxygens (including phenoxy) is 2. The molecule has 0 spiro atoms. The lowest BCUT2D eigenvalue weighted by Crippen LogP contribution is -2.40. The van der Waals surface area contributed by atoms with Gasteiger partial charge in [-0.1, -0.05) is 12.1 Å². The number of methoxy groups -OCH3 is 1. The maximum Gasteiger partial charge on any atom is 0.268 e. The van der Waals surface area contributed by atoms with E-state index < -0.39 is 6.10 Å². The van der Waals surface area contributed by atoms with Gasteiger partial charge in [0.05, 0.1) is 25.3 Å². The third-order valence-electron chi connectivity index (χ3n) is 4.17. The number of carbonyl (C=O) groups excluding carboxylic acids is 1. The number of anilines is 1. The highest BCUT2D eigenvalue weighted by molar-refractivity contribution is 7.09. The molecule has 2 aromatic carbocycles. The van der Waals surface area contributed by atoms with Gasteiger partial charge in [0.1, 0.15) is 11.5 Å². The summed E-state index contributed by atoms with van der Waals surface area (Å²) in [6.45, 7) is 2.17. The minimum absolute atomic E-state index is 0.166. The van der Waals surface area contributed by atoms with E-state index in [1.165, 1.54) is 0 Å². The van der Waals surface area contributed by atoms with Crippen molar-refractivity contribution in [3.63, 3.8) is 0 Å². The zero-order chi connectivity index (χ0) is 19.9. The Bertz CT molecular complexity index is 962. The summed E-state index contributed by atoms with van der Waals surface area (Å²) in [6.07, 6.45) is -0.712. The molecule has 0 aliphatic carbocycles. The number of nitrogens with zero attached hydrogens (tertiary/aromatic N) is 2. The normalized spacial score (nSPS) is 11.3. The second-order valence-electron chi connectivity index (χ2n) is 6.10. The Labute approximate surface area is 168 Å². The van der Waals surface area contributed by atoms with Crippen LogP contribution in [0.25, 0.3) is 0 Å². The van der Waals surface area contributed by atoms with Gasteiger partial charge in [-0.25, -0.2) is 0 Å². The van der Waals surface area contributed by atoms with Crippen LogP contribution < -0.4 is 14.4 Å². The van der Waals surface area contributed by atoms with Gasteiger partial charge in [-0.05, 0) is 60.8 Å². The molecule has 0 aliphatic rings. The molecular formula is C22H20N2O3S. The van der Waals surface area contributed by atoms with Gasteiger partial charge in [0.25, 0.3) is 5.91 Å². The third-order valence-corrected chi connectivity index (χ3v) is 5.03. The van der Waals surface area contributed by atoms with Crippen LogP contribution in [0.4, 0.5) is 5.69 Å². The first-order chi connectivity index (χ1) is 13.6. The van der Waals surface area contributed by atoms with Crippen molar-refractivity contribution in [2.24, 2.45) is 0 Å². The molecule has 1 aromatic heterocycles. The number of nitriles is 1. The van der Waals surface area contributed by atoms with Crippen molar-refractivity contribution in [2.45, 2.75) is 19.6 Å². The summed E-state index contributed by atoms with van der Waals surface area (Å²) in [5, 5.41) is 11.0. The molecule has 142 valence electrons. The molecule has 3 rings (SSSR count). The average Bonchev–Trinajstić information content (AvgIpc) is 3.25. The summed E-state index contributed by atoms with van der Waals surface area (Å²) in [6, 6.07) is 20.2. The Morgan fingerprint density at radius 1 is 1.14 bits per heavy atom. The number of hydrogen-bond acceptors (Lipinski definition) is 5. The Kier molecular flexibility index (Phi) is 6.30. The molecule has 1 amide bonds. The maximum atomic E-state index is 13.2. The van der Waals surface area contributed by atoms with Crippen LogP contribution in [0.3, 0.4) is 0 Å². The monoisotopic (exact) mass is 392 g/mol. The standard InChI is InChI=1S/C22H20N2O3S/c1-16(27-20-6-3-5-17(13-20)14-23)22(25)24(15-21-7-4-12-28-21)18-8-10-19(26-2)11-9-18/h3-13,16H,15H2,1-2H3. The van der Waals surface area contributed by atoms with Crippen molar-refractivity contribution in [3.05, 3.63) is 76.5 Å². The van der Waals surface area contributed by atoms with Crippen molar-refractivity contribution in [3.8, 4) is 17.6 Å². The molecule has 3 aromatic rings. The van der Waals surface area contributed by atoms with Gasteiger partial charge < -0.3 is 14.4 Å². The van der Waals surface area contributed by atoms with Gasteiger partial charge in [-0.15, -0.1) is 11.3 Å². The highest BCUT2D eigenvalue weighted by Crippen LogP contribution is 2.24. The molecule has 0 fully saturated rings. The van der Waals surface area contributed by atoms with E-state index in [0.29, 0.717) is 17.9 Å². The SMILES string of the molecule is COc1ccc(N(Cc2cccs2)C(=O)C(C)Oc2cccc(C#N)c2)cc1. The lowest BCUT2D eigenvalue weighted by atomic mass is 10.2. The molecule has 1 heterocycles. The van der Waals surface area contributed by atoms with Crippen molar-refractivity contribution in [1.29, 1.82) is 5.26 Å². The van der Waals surface area contributed by atoms with Gasteiger partial charge in [-0.3, -0.25) is 4.79 Å². The summed E-state index contributed by atoms with van der Waals surface area (Å²) < 4.78 is 11.0. The van der Waals surface area contributed by atoms with Crippen LogP contribution in [0, 0.1) is 11.3 Å². The Hall–Kier alpha value is -3.30. The second kappa shape index (κ2) is 9.07. The lowest BCUT2D eigenvalue weighted by molar-refractivity contribution is -0.124. The molecule has 1 atom stereocenters. The summed E-state index contributed by atoms with van der Waals surface area (Å²) >= 11 is 1.60. The van der Waals surface area contributed by atoms with E-state index in [0.717, 1.165) is 16.3 Å². The van der Waals surface area contributed by atoms with E-state index in [9.17, 15) is 4.79 Å². The predicted molar refractivity (Wildman–Crippen MR) is 110 cm³/mol. The zero-order valence-corrected chi connectivity index (χ0v) is 16.5. The third kappa shape index (κ3) is 4.70. The van der Waals surface area contributed by atoms with Crippen molar-refractivity contribution >= 4 is 22.9 Å². The summed E-state index contributed by atoms with van der Waals surface area (Å²) in [5.41, 5.74) is 1.25. The fraction of sp³-hybridized carbons (Fsp3) is 0.182. The van der Waals surface area contributed by atoms with Crippen molar-refractivity contribution in [1.82, 2.24) is 0 Å². The van der Waals surface area contributed by atoms with Crippen LogP contribution in [-0.2, 0) is 11.3 Å². The molecule has 0 aliphatic heterocycles. The molecule has 5 nitrogen and oxygen atoms in total. The first kappa shape index (κ1) is 19.5. The molecule has 6 heteroatoms. The van der Waals surface area contributed by atoms with E-state index in [2.05, 4.69) is 6.07 Å². The van der Waals surface area contributed by atoms with Crippen LogP contribution in [0.2, 0.25) is 0 Å². The molecule has 0 radical (unpaired) electrons. The fourth-order valence-electron chi connectivity index (χ4n) is 2.73. The maximum absolute atomic E-state index is 13.2. The van der Waals surface area contributed by atoms with E-state index in [1.807, 2.05) is 41.8 Å². The minimum Gasteiger partial charge on any atom is -0.497 e. The molecule has 0 N–H and O–H groups in total. The van der Waals surface area contributed by atoms with E-state index in [1.54, 1.807) is 54.5 Å². The van der Waals surface area contributed by atoms with Crippen molar-refractivity contribution < 1.29 is 14.3 Å². The zero-order valence-electron chi connectivity index (χ0n) is 15.7. The molecule has 0 bridgehead atoms. The van der Waals surface area contributed by atoms with Gasteiger partial charge in [0.2, 0.25) is 0 Å². The van der Waals surface area contributed by atoms with Crippen LogP contribution in [0.15, 0.2) is 66.0 Å². The topological polar surface area (TPSA) is 62.6 Å². The van der Waals surface area contributed by atoms with Gasteiger partial charge in [0, 0.05) is 10.6 Å². The highest BCUT2D eigenvalue weighted by Gasteiger charge is 2.24. The number of thiophene rings is 1. The largest absolute Gasteiger partial charge is 0.497 e. The summed E-state index contributed by atoms with van der Waals surface area (Å²) in [7, 11) is 1.61. The molecule has 0 saturated heterocycles. The average molecular weight is 392 g/mol. The smallest absolute Gasteiger partial charge is 0.268 e. The Morgan fingerprint density at radius 3 is 2.57 bits per heavy atom. The molecule has 28 heavy (non-hydrogen) atoms. The first-order valence-corrected chi connectivity index (χ1v) is 9.63. The highest BCUT2D eigenvalue weighted by atomic mass is 32.1. The van der Waals surface area contributed by atoms with E-state index in [-0.39, 0.29) is 5.91 Å². The van der Waals surface area contributed by atoms with Crippen LogP contribution in [0.5, 0.6) is 11.5 Å². The summed E-state index contributed by atoms with van der Waals surface area (Å²) in [5.74, 6) is 1.05. The minimum atomic E-state index is -0.712. The van der Waals surface area contributed by atoms with Crippen molar-refractivity contribution in [2.75, 3.05) is 12.0 Å². The van der Waals surface area contributed by atoms with Gasteiger partial charge in [0.15, 0.2) is 6.10 Å².